The van der Waals surface area contributed by atoms with E-state index < -0.39 is 85.3 Å². The second-order valence-corrected chi connectivity index (χ2v) is 7.64. The molecule has 0 aromatic heterocycles. The molecule has 0 aliphatic heterocycles. The summed E-state index contributed by atoms with van der Waals surface area (Å²) in [6.07, 6.45) is -75.1. The summed E-state index contributed by atoms with van der Waals surface area (Å²) in [6, 6.07) is 0. The monoisotopic (exact) mass is 764 g/mol. The highest BCUT2D eigenvalue weighted by Gasteiger charge is 2.89. The molecule has 0 rings (SSSR count). The number of hydrogen-bond donors (Lipinski definition) is 1. The number of ether oxygens (including phenoxy) is 4. The van der Waals surface area contributed by atoms with Gasteiger partial charge in [-0.25, -0.2) is 0 Å². The molecule has 0 amide bonds. The zero-order chi connectivity index (χ0) is 38.0. The van der Waals surface area contributed by atoms with Crippen molar-refractivity contribution < 1.29 is 143 Å². The molecule has 0 heterocycles. The third-order valence-electron chi connectivity index (χ3n) is 4.27. The Morgan fingerprint density at radius 1 is 0.283 bits per heavy atom. The highest BCUT2D eigenvalue weighted by atomic mass is 19.4. The highest BCUT2D eigenvalue weighted by molar-refractivity contribution is 4.98. The topological polar surface area (TPSA) is 57.2 Å². The lowest BCUT2D eigenvalue weighted by atomic mass is 10.2. The minimum absolute atomic E-state index is 0.918. The van der Waals surface area contributed by atoms with Gasteiger partial charge in [-0.2, -0.15) is 119 Å². The molecule has 0 saturated carbocycles. The van der Waals surface area contributed by atoms with Crippen molar-refractivity contribution in [2.24, 2.45) is 0 Å². The molecule has 4 unspecified atom stereocenters. The van der Waals surface area contributed by atoms with E-state index >= 15 is 0 Å². The minimum Gasteiger partial charge on any atom is -0.390 e. The Morgan fingerprint density at radius 3 is 0.674 bits per heavy atom. The average molecular weight is 764 g/mol. The van der Waals surface area contributed by atoms with E-state index in [0.29, 0.717) is 0 Å². The van der Waals surface area contributed by atoms with E-state index in [4.69, 9.17) is 5.11 Å². The molecule has 0 saturated heterocycles. The van der Waals surface area contributed by atoms with Gasteiger partial charge < -0.3 is 5.11 Å². The lowest BCUT2D eigenvalue weighted by molar-refractivity contribution is -0.592. The van der Waals surface area contributed by atoms with Crippen LogP contribution in [0.3, 0.4) is 0 Å². The second-order valence-electron chi connectivity index (χ2n) is 7.64. The zero-order valence-electron chi connectivity index (χ0n) is 19.5. The molecule has 32 heteroatoms. The summed E-state index contributed by atoms with van der Waals surface area (Å²) in [5.74, 6) is -33.3. The maximum absolute atomic E-state index is 14.2. The molecule has 1 N–H and O–H groups in total. The van der Waals surface area contributed by atoms with E-state index in [-0.39, 0.29) is 0 Å². The van der Waals surface area contributed by atoms with Gasteiger partial charge in [-0.1, -0.05) is 0 Å². The Morgan fingerprint density at radius 2 is 0.500 bits per heavy atom. The maximum Gasteiger partial charge on any atom is 0.483 e. The van der Waals surface area contributed by atoms with Crippen LogP contribution >= 0.6 is 0 Å². The van der Waals surface area contributed by atoms with Crippen molar-refractivity contribution in [3.8, 4) is 0 Å². The van der Waals surface area contributed by atoms with Gasteiger partial charge in [0.2, 0.25) is 0 Å². The molecule has 0 radical (unpaired) electrons. The lowest BCUT2D eigenvalue weighted by Gasteiger charge is -2.43. The molecule has 4 atom stereocenters. The predicted molar refractivity (Wildman–Crippen MR) is 76.8 cm³/mol. The molecule has 5 nitrogen and oxygen atoms in total. The van der Waals surface area contributed by atoms with Crippen molar-refractivity contribution in [3.05, 3.63) is 0 Å². The van der Waals surface area contributed by atoms with Crippen LogP contribution in [-0.4, -0.2) is 90.4 Å². The number of aliphatic hydroxyl groups excluding tert-OH is 1. The summed E-state index contributed by atoms with van der Waals surface area (Å²) in [4.78, 5) is 0. The Labute approximate surface area is 229 Å². The molecule has 0 bridgehead atoms. The van der Waals surface area contributed by atoms with E-state index in [9.17, 15) is 119 Å². The van der Waals surface area contributed by atoms with Crippen molar-refractivity contribution in [2.75, 3.05) is 6.61 Å². The summed E-state index contributed by atoms with van der Waals surface area (Å²) >= 11 is 0. The van der Waals surface area contributed by atoms with E-state index in [1.54, 1.807) is 0 Å². The van der Waals surface area contributed by atoms with E-state index in [2.05, 4.69) is 0 Å². The highest BCUT2D eigenvalue weighted by Crippen LogP contribution is 2.60. The fourth-order valence-electron chi connectivity index (χ4n) is 2.01. The first-order valence-electron chi connectivity index (χ1n) is 9.41. The van der Waals surface area contributed by atoms with E-state index in [0.717, 1.165) is 14.2 Å². The number of halogens is 27. The average Bonchev–Trinajstić information content (AvgIpc) is 2.73. The van der Waals surface area contributed by atoms with Crippen LogP contribution in [0.25, 0.3) is 0 Å². The Bertz CT molecular complexity index is 1060. The first-order valence-corrected chi connectivity index (χ1v) is 9.41. The van der Waals surface area contributed by atoms with Crippen LogP contribution in [0.4, 0.5) is 119 Å². The quantitative estimate of drug-likeness (QED) is 0.205. The van der Waals surface area contributed by atoms with Gasteiger partial charge in [-0.3, -0.25) is 18.9 Å². The van der Waals surface area contributed by atoms with Gasteiger partial charge in [0.1, 0.15) is 6.61 Å². The van der Waals surface area contributed by atoms with Gasteiger partial charge in [0, 0.05) is 0 Å². The van der Waals surface area contributed by atoms with Crippen molar-refractivity contribution in [1.82, 2.24) is 0 Å². The summed E-state index contributed by atoms with van der Waals surface area (Å²) < 4.78 is 358. The Balaban J connectivity index is 7.50. The molecular formula is C14H3F27O5. The predicted octanol–water partition coefficient (Wildman–Crippen LogP) is 7.89. The van der Waals surface area contributed by atoms with Crippen LogP contribution < -0.4 is 0 Å². The SMILES string of the molecule is OCC(F)(OC(F)(F)C(F)(OC(F)(F)C(F)(OC(F)(F)C(F)(OC(F)(F)C(F)(F)F)C(F)(F)F)C(F)(F)F)C(F)(F)F)C(F)(F)F. The van der Waals surface area contributed by atoms with Gasteiger partial charge in [0.25, 0.3) is 0 Å². The molecular weight excluding hydrogens is 761 g/mol. The van der Waals surface area contributed by atoms with Crippen LogP contribution in [0.2, 0.25) is 0 Å². The van der Waals surface area contributed by atoms with Gasteiger partial charge >= 0.3 is 78.7 Å². The van der Waals surface area contributed by atoms with Crippen molar-refractivity contribution in [3.63, 3.8) is 0 Å². The number of hydrogen-bond acceptors (Lipinski definition) is 5. The summed E-state index contributed by atoms with van der Waals surface area (Å²) in [5, 5.41) is 8.10. The lowest BCUT2D eigenvalue weighted by Crippen LogP contribution is -2.71. The molecule has 0 aromatic carbocycles. The van der Waals surface area contributed by atoms with Crippen molar-refractivity contribution >= 4 is 0 Å². The molecule has 0 aliphatic carbocycles. The summed E-state index contributed by atoms with van der Waals surface area (Å²) in [7, 11) is 0. The molecule has 0 aliphatic rings. The number of rotatable bonds is 12. The third kappa shape index (κ3) is 7.47. The maximum atomic E-state index is 14.2. The molecule has 278 valence electrons. The van der Waals surface area contributed by atoms with Gasteiger partial charge in [-0.05, 0) is 0 Å². The van der Waals surface area contributed by atoms with E-state index in [1.165, 1.54) is 4.74 Å². The Kier molecular flexibility index (Phi) is 11.0. The second kappa shape index (κ2) is 11.5. The first-order chi connectivity index (χ1) is 19.4. The van der Waals surface area contributed by atoms with Crippen LogP contribution in [0, 0.1) is 0 Å². The van der Waals surface area contributed by atoms with Gasteiger partial charge in [0.15, 0.2) is 0 Å². The summed E-state index contributed by atoms with van der Waals surface area (Å²) in [5.41, 5.74) is 0. The standard InChI is InChI=1S/C14H3F27O5/c15-2(1-42,6(19,20)21)43-11(34,35)3(16,7(22,23)24)44-12(36,37)4(17,8(25,26)27)45-13(38,39)5(18,9(28,29)30)46-14(40,41)10(31,32)33/h42H,1H2. The molecule has 0 fully saturated rings. The largest absolute Gasteiger partial charge is 0.483 e. The minimum atomic E-state index is -9.05. The van der Waals surface area contributed by atoms with Gasteiger partial charge in [0.05, 0.1) is 0 Å². The first kappa shape index (κ1) is 43.9. The van der Waals surface area contributed by atoms with Crippen molar-refractivity contribution in [2.45, 2.75) is 78.7 Å². The van der Waals surface area contributed by atoms with Crippen LogP contribution in [-0.2, 0) is 18.9 Å². The fraction of sp³-hybridized carbons (Fsp3) is 1.00. The smallest absolute Gasteiger partial charge is 0.390 e. The number of alkyl halides is 27. The summed E-state index contributed by atoms with van der Waals surface area (Å²) in [6.45, 7) is -3.74. The number of aliphatic hydroxyl groups is 1. The van der Waals surface area contributed by atoms with Crippen molar-refractivity contribution in [1.29, 1.82) is 0 Å². The zero-order valence-corrected chi connectivity index (χ0v) is 19.5. The third-order valence-corrected chi connectivity index (χ3v) is 4.27. The van der Waals surface area contributed by atoms with Crippen LogP contribution in [0.1, 0.15) is 0 Å². The molecule has 46 heavy (non-hydrogen) atoms. The fourth-order valence-corrected chi connectivity index (χ4v) is 2.01. The Hall–Kier alpha value is -2.09. The van der Waals surface area contributed by atoms with E-state index in [1.807, 2.05) is 0 Å². The molecule has 0 aromatic rings. The normalized spacial score (nSPS) is 20.9. The van der Waals surface area contributed by atoms with Gasteiger partial charge in [-0.15, -0.1) is 0 Å². The van der Waals surface area contributed by atoms with Crippen LogP contribution in [0.5, 0.6) is 0 Å². The molecule has 0 spiro atoms. The van der Waals surface area contributed by atoms with Crippen LogP contribution in [0.15, 0.2) is 0 Å².